The summed E-state index contributed by atoms with van der Waals surface area (Å²) in [4.78, 5) is 14.4. The van der Waals surface area contributed by atoms with E-state index in [9.17, 15) is 0 Å². The number of benzene rings is 1. The van der Waals surface area contributed by atoms with Gasteiger partial charge in [-0.05, 0) is 0 Å². The van der Waals surface area contributed by atoms with E-state index in [-0.39, 0.29) is 4.83 Å². The van der Waals surface area contributed by atoms with Crippen molar-refractivity contribution < 1.29 is 4.74 Å². The van der Waals surface area contributed by atoms with Gasteiger partial charge >= 0.3 is 161 Å². The topological polar surface area (TPSA) is 78.8 Å². The number of nitrogens with zero attached hydrogens (tertiary/aromatic N) is 4. The molecule has 2 N–H and O–H groups in total. The number of hydrogen-bond donors (Lipinski definition) is 1. The summed E-state index contributed by atoms with van der Waals surface area (Å²) in [6.45, 7) is 6.49. The van der Waals surface area contributed by atoms with Gasteiger partial charge in [0.05, 0.1) is 0 Å². The summed E-state index contributed by atoms with van der Waals surface area (Å²) in [5, 5.41) is 0.857. The molecule has 146 valence electrons. The molecule has 0 aliphatic heterocycles. The fourth-order valence-corrected chi connectivity index (χ4v) is 4.64. The van der Waals surface area contributed by atoms with Crippen LogP contribution in [0.5, 0.6) is 5.75 Å². The zero-order valence-corrected chi connectivity index (χ0v) is 21.3. The predicted octanol–water partition coefficient (Wildman–Crippen LogP) is 4.13. The first-order valence-electron chi connectivity index (χ1n) is 8.68. The van der Waals surface area contributed by atoms with Crippen molar-refractivity contribution in [3.05, 3.63) is 28.1 Å². The molecule has 0 saturated carbocycles. The molecule has 2 unspecified atom stereocenters. The van der Waals surface area contributed by atoms with Crippen molar-refractivity contribution in [2.45, 2.75) is 48.5 Å². The third-order valence-electron chi connectivity index (χ3n) is 3.72. The minimum absolute atomic E-state index is 0.271. The van der Waals surface area contributed by atoms with Gasteiger partial charge in [-0.2, -0.15) is 0 Å². The Hall–Kier alpha value is -0.992. The van der Waals surface area contributed by atoms with Crippen LogP contribution in [0.25, 0.3) is 11.2 Å². The second-order valence-electron chi connectivity index (χ2n) is 5.83. The predicted molar refractivity (Wildman–Crippen MR) is 123 cm³/mol. The number of fused-ring (bicyclic) bond motifs is 1. The molecular formula is C18H25AsIN5OS. The molecule has 2 atom stereocenters. The number of imidazole rings is 1. The SMILES string of the molecule is CCCC.COc1ccc(I)c(Sc2nc3c(N)ncnc3n2C(C)[AsH2])c1. The number of anilines is 1. The maximum absolute atomic E-state index is 5.95. The summed E-state index contributed by atoms with van der Waals surface area (Å²) in [6.07, 6.45) is 4.12. The fraction of sp³-hybridized carbons (Fsp3) is 0.389. The molecule has 0 aliphatic rings. The third kappa shape index (κ3) is 5.51. The first kappa shape index (κ1) is 22.3. The molecule has 0 spiro atoms. The molecule has 9 heteroatoms. The van der Waals surface area contributed by atoms with E-state index in [1.807, 2.05) is 18.2 Å². The quantitative estimate of drug-likeness (QED) is 0.373. The molecule has 3 aromatic rings. The van der Waals surface area contributed by atoms with Crippen molar-refractivity contribution in [1.29, 1.82) is 0 Å². The second kappa shape index (κ2) is 10.5. The monoisotopic (exact) mass is 561 g/mol. The van der Waals surface area contributed by atoms with Gasteiger partial charge in [-0.3, -0.25) is 0 Å². The summed E-state index contributed by atoms with van der Waals surface area (Å²) in [7, 11) is 1.67. The van der Waals surface area contributed by atoms with E-state index in [0.717, 1.165) is 25.0 Å². The van der Waals surface area contributed by atoms with Crippen molar-refractivity contribution in [1.82, 2.24) is 19.5 Å². The van der Waals surface area contributed by atoms with Gasteiger partial charge in [0.25, 0.3) is 0 Å². The molecule has 6 nitrogen and oxygen atoms in total. The molecule has 0 saturated heterocycles. The zero-order valence-electron chi connectivity index (χ0n) is 15.9. The van der Waals surface area contributed by atoms with Gasteiger partial charge in [0.1, 0.15) is 0 Å². The average molecular weight is 561 g/mol. The standard InChI is InChI=1S/C14H15AsIN5OS.C4H10/c1-7(15)21-13-11(12(17)18-6-19-13)20-14(21)23-10-5-8(22-2)3-4-9(10)16;1-3-4-2/h3-7H,15H2,1-2H3,(H2,17,18,19);3-4H2,1-2H3. The van der Waals surface area contributed by atoms with Crippen molar-refractivity contribution >= 4 is 68.2 Å². The zero-order chi connectivity index (χ0) is 20.0. The first-order chi connectivity index (χ1) is 12.9. The van der Waals surface area contributed by atoms with Gasteiger partial charge in [-0.15, -0.1) is 0 Å². The van der Waals surface area contributed by atoms with Gasteiger partial charge in [-0.25, -0.2) is 0 Å². The number of nitrogen functional groups attached to an aromatic ring is 1. The van der Waals surface area contributed by atoms with Crippen LogP contribution in [0.15, 0.2) is 34.6 Å². The Balaban J connectivity index is 0.000000596. The number of methoxy groups -OCH3 is 1. The van der Waals surface area contributed by atoms with E-state index in [1.165, 1.54) is 19.2 Å². The average Bonchev–Trinajstić information content (AvgIpc) is 3.03. The van der Waals surface area contributed by atoms with Crippen LogP contribution in [0.4, 0.5) is 5.82 Å². The number of nitrogens with two attached hydrogens (primary N) is 1. The molecule has 3 rings (SSSR count). The number of rotatable bonds is 5. The van der Waals surface area contributed by atoms with Crippen LogP contribution in [0, 0.1) is 3.57 Å². The van der Waals surface area contributed by atoms with Crippen LogP contribution in [-0.4, -0.2) is 43.5 Å². The van der Waals surface area contributed by atoms with Gasteiger partial charge in [0.15, 0.2) is 0 Å². The van der Waals surface area contributed by atoms with Crippen molar-refractivity contribution in [2.75, 3.05) is 12.8 Å². The molecule has 0 bridgehead atoms. The van der Waals surface area contributed by atoms with Gasteiger partial charge in [0, 0.05) is 0 Å². The Bertz CT molecular complexity index is 901. The summed E-state index contributed by atoms with van der Waals surface area (Å²) >= 11 is 5.49. The van der Waals surface area contributed by atoms with Gasteiger partial charge < -0.3 is 0 Å². The molecule has 0 fully saturated rings. The number of hydrogen-bond acceptors (Lipinski definition) is 6. The van der Waals surface area contributed by atoms with Crippen LogP contribution in [0.1, 0.15) is 38.4 Å². The second-order valence-corrected chi connectivity index (χ2v) is 10.0. The van der Waals surface area contributed by atoms with Gasteiger partial charge in [-0.1, -0.05) is 26.7 Å². The Morgan fingerprint density at radius 3 is 2.59 bits per heavy atom. The van der Waals surface area contributed by atoms with E-state index in [4.69, 9.17) is 10.5 Å². The van der Waals surface area contributed by atoms with Crippen molar-refractivity contribution in [2.24, 2.45) is 0 Å². The Morgan fingerprint density at radius 2 is 2.00 bits per heavy atom. The maximum atomic E-state index is 5.95. The number of unbranched alkanes of at least 4 members (excludes halogenated alkanes) is 1. The molecule has 0 amide bonds. The number of aromatic nitrogens is 4. The number of halogens is 1. The van der Waals surface area contributed by atoms with Gasteiger partial charge in [0.2, 0.25) is 0 Å². The Kier molecular flexibility index (Phi) is 8.69. The molecule has 2 aromatic heterocycles. The third-order valence-corrected chi connectivity index (χ3v) is 6.68. The number of ether oxygens (including phenoxy) is 1. The van der Waals surface area contributed by atoms with Crippen LogP contribution in [0.3, 0.4) is 0 Å². The normalized spacial score (nSPS) is 11.8. The Labute approximate surface area is 186 Å². The molecule has 0 aliphatic carbocycles. The molecular weight excluding hydrogens is 536 g/mol. The first-order valence-corrected chi connectivity index (χ1v) is 12.0. The van der Waals surface area contributed by atoms with Crippen molar-refractivity contribution in [3.63, 3.8) is 0 Å². The van der Waals surface area contributed by atoms with E-state index >= 15 is 0 Å². The summed E-state index contributed by atoms with van der Waals surface area (Å²) in [5.74, 6) is 1.23. The molecule has 27 heavy (non-hydrogen) atoms. The summed E-state index contributed by atoms with van der Waals surface area (Å²) in [5.41, 5.74) is 7.38. The van der Waals surface area contributed by atoms with E-state index in [1.54, 1.807) is 35.7 Å². The molecule has 1 aromatic carbocycles. The van der Waals surface area contributed by atoms with E-state index < -0.39 is 0 Å². The van der Waals surface area contributed by atoms with E-state index in [0.29, 0.717) is 11.3 Å². The van der Waals surface area contributed by atoms with Crippen LogP contribution in [0.2, 0.25) is 0 Å². The summed E-state index contributed by atoms with van der Waals surface area (Å²) in [6, 6.07) is 5.99. The van der Waals surface area contributed by atoms with E-state index in [2.05, 4.69) is 62.9 Å². The van der Waals surface area contributed by atoms with Crippen LogP contribution < -0.4 is 10.5 Å². The van der Waals surface area contributed by atoms with Crippen molar-refractivity contribution in [3.8, 4) is 5.75 Å². The molecule has 2 heterocycles. The molecule has 0 radical (unpaired) electrons. The van der Waals surface area contributed by atoms with Crippen LogP contribution >= 0.6 is 34.4 Å². The summed E-state index contributed by atoms with van der Waals surface area (Å²) < 4.78 is 8.56. The minimum atomic E-state index is 0.271. The Morgan fingerprint density at radius 1 is 1.30 bits per heavy atom. The fourth-order valence-electron chi connectivity index (χ4n) is 2.13. The van der Waals surface area contributed by atoms with Crippen LogP contribution in [-0.2, 0) is 0 Å².